The minimum atomic E-state index is 0. The van der Waals surface area contributed by atoms with Gasteiger partial charge in [0.15, 0.2) is 5.96 Å². The molecule has 0 radical (unpaired) electrons. The van der Waals surface area contributed by atoms with Gasteiger partial charge in [-0.2, -0.15) is 0 Å². The Balaban J connectivity index is 0.00000312. The predicted octanol–water partition coefficient (Wildman–Crippen LogP) is 1.63. The first kappa shape index (κ1) is 21.5. The number of halogens is 1. The summed E-state index contributed by atoms with van der Waals surface area (Å²) in [5, 5.41) is 6.07. The summed E-state index contributed by atoms with van der Waals surface area (Å²) in [4.78, 5) is 22.3. The first-order chi connectivity index (χ1) is 11.7. The molecule has 0 aliphatic carbocycles. The molecular weight excluding hydrogens is 433 g/mol. The largest absolute Gasteiger partial charge is 0.481 e. The molecule has 0 spiro atoms. The van der Waals surface area contributed by atoms with E-state index in [0.29, 0.717) is 24.8 Å². The Morgan fingerprint density at radius 1 is 1.44 bits per heavy atom. The lowest BCUT2D eigenvalue weighted by atomic mass is 9.93. The van der Waals surface area contributed by atoms with Crippen LogP contribution in [0.5, 0.6) is 5.88 Å². The fraction of sp³-hybridized carbons (Fsp3) is 0.588. The Hall–Kier alpha value is -1.58. The molecule has 7 nitrogen and oxygen atoms in total. The van der Waals surface area contributed by atoms with Crippen molar-refractivity contribution >= 4 is 35.8 Å². The van der Waals surface area contributed by atoms with Crippen molar-refractivity contribution in [1.29, 1.82) is 0 Å². The lowest BCUT2D eigenvalue weighted by Gasteiger charge is -2.34. The first-order valence-electron chi connectivity index (χ1n) is 8.32. The molecule has 1 amide bonds. The van der Waals surface area contributed by atoms with Gasteiger partial charge in [-0.05, 0) is 24.8 Å². The van der Waals surface area contributed by atoms with Gasteiger partial charge in [-0.3, -0.25) is 9.79 Å². The van der Waals surface area contributed by atoms with Crippen molar-refractivity contribution in [2.75, 3.05) is 34.3 Å². The highest BCUT2D eigenvalue weighted by atomic mass is 127. The predicted molar refractivity (Wildman–Crippen MR) is 109 cm³/mol. The number of nitrogens with one attached hydrogen (secondary N) is 2. The third kappa shape index (κ3) is 6.33. The van der Waals surface area contributed by atoms with Crippen molar-refractivity contribution in [2.24, 2.45) is 10.9 Å². The number of carbonyl (C=O) groups excluding carboxylic acids is 1. The number of hydrogen-bond donors (Lipinski definition) is 2. The van der Waals surface area contributed by atoms with Crippen LogP contribution in [0.4, 0.5) is 0 Å². The van der Waals surface area contributed by atoms with E-state index in [1.165, 1.54) is 0 Å². The average Bonchev–Trinajstić information content (AvgIpc) is 2.63. The molecule has 2 N–H and O–H groups in total. The Morgan fingerprint density at radius 3 is 2.76 bits per heavy atom. The second-order valence-corrected chi connectivity index (χ2v) is 5.88. The fourth-order valence-corrected chi connectivity index (χ4v) is 2.96. The van der Waals surface area contributed by atoms with E-state index >= 15 is 0 Å². The molecule has 25 heavy (non-hydrogen) atoms. The lowest BCUT2D eigenvalue weighted by molar-refractivity contribution is -0.121. The van der Waals surface area contributed by atoms with Crippen molar-refractivity contribution in [3.8, 4) is 5.88 Å². The summed E-state index contributed by atoms with van der Waals surface area (Å²) in [5.74, 6) is 2.08. The third-order valence-corrected chi connectivity index (χ3v) is 4.36. The van der Waals surface area contributed by atoms with E-state index in [2.05, 4.69) is 25.5 Å². The molecule has 0 bridgehead atoms. The van der Waals surface area contributed by atoms with Gasteiger partial charge in [-0.25, -0.2) is 4.98 Å². The molecule has 1 aromatic heterocycles. The number of likely N-dealkylation sites (tertiary alicyclic amines) is 1. The number of pyridine rings is 1. The molecule has 140 valence electrons. The van der Waals surface area contributed by atoms with Crippen LogP contribution in [-0.2, 0) is 11.3 Å². The van der Waals surface area contributed by atoms with Gasteiger partial charge in [0.2, 0.25) is 11.8 Å². The van der Waals surface area contributed by atoms with Gasteiger partial charge in [0.1, 0.15) is 0 Å². The zero-order chi connectivity index (χ0) is 17.4. The highest BCUT2D eigenvalue weighted by molar-refractivity contribution is 14.0. The highest BCUT2D eigenvalue weighted by Crippen LogP contribution is 2.20. The van der Waals surface area contributed by atoms with E-state index in [9.17, 15) is 4.79 Å². The summed E-state index contributed by atoms with van der Waals surface area (Å²) >= 11 is 0. The number of amides is 1. The van der Waals surface area contributed by atoms with Gasteiger partial charge in [0, 0.05) is 51.9 Å². The lowest BCUT2D eigenvalue weighted by Crippen LogP contribution is -2.45. The van der Waals surface area contributed by atoms with Crippen LogP contribution in [0.3, 0.4) is 0 Å². The number of aliphatic imine (C=N–C) groups is 1. The Kier molecular flexibility index (Phi) is 9.54. The molecule has 2 rings (SSSR count). The molecule has 0 aromatic carbocycles. The molecular formula is C17H28IN5O2. The second-order valence-electron chi connectivity index (χ2n) is 5.88. The van der Waals surface area contributed by atoms with Crippen LogP contribution in [-0.4, -0.2) is 56.0 Å². The summed E-state index contributed by atoms with van der Waals surface area (Å²) in [5.41, 5.74) is 0.996. The topological polar surface area (TPSA) is 78.9 Å². The molecule has 2 heterocycles. The van der Waals surface area contributed by atoms with Crippen LogP contribution in [0.15, 0.2) is 23.3 Å². The molecule has 1 saturated heterocycles. The summed E-state index contributed by atoms with van der Waals surface area (Å²) in [7, 11) is 5.10. The number of aromatic nitrogens is 1. The smallest absolute Gasteiger partial charge is 0.220 e. The molecule has 0 atom stereocenters. The first-order valence-corrected chi connectivity index (χ1v) is 8.32. The molecule has 0 unspecified atom stereocenters. The maximum atomic E-state index is 11.5. The van der Waals surface area contributed by atoms with Gasteiger partial charge >= 0.3 is 0 Å². The minimum Gasteiger partial charge on any atom is -0.481 e. The highest BCUT2D eigenvalue weighted by Gasteiger charge is 2.23. The van der Waals surface area contributed by atoms with Gasteiger partial charge in [-0.1, -0.05) is 6.07 Å². The van der Waals surface area contributed by atoms with E-state index in [1.807, 2.05) is 12.1 Å². The van der Waals surface area contributed by atoms with Gasteiger partial charge in [-0.15, -0.1) is 24.0 Å². The van der Waals surface area contributed by atoms with Crippen LogP contribution >= 0.6 is 24.0 Å². The molecule has 1 aliphatic heterocycles. The van der Waals surface area contributed by atoms with E-state index in [-0.39, 0.29) is 29.9 Å². The van der Waals surface area contributed by atoms with E-state index in [4.69, 9.17) is 4.74 Å². The number of hydrogen-bond acceptors (Lipinski definition) is 4. The Labute approximate surface area is 166 Å². The number of methoxy groups -OCH3 is 1. The summed E-state index contributed by atoms with van der Waals surface area (Å²) in [6.45, 7) is 2.43. The third-order valence-electron chi connectivity index (χ3n) is 4.36. The summed E-state index contributed by atoms with van der Waals surface area (Å²) in [6, 6.07) is 3.88. The van der Waals surface area contributed by atoms with Crippen molar-refractivity contribution in [3.05, 3.63) is 23.9 Å². The van der Waals surface area contributed by atoms with Crippen LogP contribution in [0.1, 0.15) is 24.8 Å². The van der Waals surface area contributed by atoms with Gasteiger partial charge in [0.25, 0.3) is 0 Å². The quantitative estimate of drug-likeness (QED) is 0.396. The SMILES string of the molecule is CN=C(NCc1cccnc1OC)N1CCC(CC(=O)NC)CC1.I. The molecule has 1 fully saturated rings. The molecule has 8 heteroatoms. The second kappa shape index (κ2) is 11.1. The average molecular weight is 461 g/mol. The van der Waals surface area contributed by atoms with Gasteiger partial charge < -0.3 is 20.3 Å². The Morgan fingerprint density at radius 2 is 2.16 bits per heavy atom. The number of nitrogens with zero attached hydrogens (tertiary/aromatic N) is 3. The zero-order valence-electron chi connectivity index (χ0n) is 15.1. The van der Waals surface area contributed by atoms with E-state index < -0.39 is 0 Å². The number of piperidine rings is 1. The minimum absolute atomic E-state index is 0. The standard InChI is InChI=1S/C17H27N5O2.HI/c1-18-15(23)11-13-6-9-22(10-7-13)17(19-2)21-12-14-5-4-8-20-16(14)24-3;/h4-5,8,13H,6-7,9-12H2,1-3H3,(H,18,23)(H,19,21);1H. The van der Waals surface area contributed by atoms with Crippen LogP contribution in [0, 0.1) is 5.92 Å². The van der Waals surface area contributed by atoms with Crippen molar-refractivity contribution in [3.63, 3.8) is 0 Å². The number of guanidine groups is 1. The zero-order valence-corrected chi connectivity index (χ0v) is 17.4. The number of carbonyl (C=O) groups is 1. The normalized spacial score (nSPS) is 15.3. The molecule has 1 aliphatic rings. The van der Waals surface area contributed by atoms with Crippen molar-refractivity contribution < 1.29 is 9.53 Å². The van der Waals surface area contributed by atoms with E-state index in [0.717, 1.165) is 37.5 Å². The number of rotatable bonds is 5. The Bertz CT molecular complexity index is 574. The van der Waals surface area contributed by atoms with Crippen molar-refractivity contribution in [1.82, 2.24) is 20.5 Å². The summed E-state index contributed by atoms with van der Waals surface area (Å²) < 4.78 is 5.28. The molecule has 1 aromatic rings. The van der Waals surface area contributed by atoms with Gasteiger partial charge in [0.05, 0.1) is 7.11 Å². The molecule has 0 saturated carbocycles. The fourth-order valence-electron chi connectivity index (χ4n) is 2.96. The number of ether oxygens (including phenoxy) is 1. The van der Waals surface area contributed by atoms with Crippen LogP contribution < -0.4 is 15.4 Å². The van der Waals surface area contributed by atoms with E-state index in [1.54, 1.807) is 27.4 Å². The van der Waals surface area contributed by atoms with Crippen molar-refractivity contribution in [2.45, 2.75) is 25.8 Å². The monoisotopic (exact) mass is 461 g/mol. The maximum absolute atomic E-state index is 11.5. The maximum Gasteiger partial charge on any atom is 0.220 e. The van der Waals surface area contributed by atoms with Crippen LogP contribution in [0.25, 0.3) is 0 Å². The summed E-state index contributed by atoms with van der Waals surface area (Å²) in [6.07, 6.45) is 4.34. The van der Waals surface area contributed by atoms with Crippen LogP contribution in [0.2, 0.25) is 0 Å².